The molecule has 25 heavy (non-hydrogen) atoms. The highest BCUT2D eigenvalue weighted by Gasteiger charge is 2.12. The van der Waals surface area contributed by atoms with Gasteiger partial charge in [0, 0.05) is 26.0 Å². The molecule has 0 aliphatic heterocycles. The zero-order chi connectivity index (χ0) is 18.0. The van der Waals surface area contributed by atoms with Gasteiger partial charge in [-0.25, -0.2) is 9.97 Å². The van der Waals surface area contributed by atoms with Crippen molar-refractivity contribution in [2.24, 2.45) is 7.05 Å². The molecule has 0 aliphatic carbocycles. The second-order valence-electron chi connectivity index (χ2n) is 6.13. The van der Waals surface area contributed by atoms with E-state index in [4.69, 9.17) is 0 Å². The number of pyridine rings is 3. The Morgan fingerprint density at radius 3 is 2.80 bits per heavy atom. The van der Waals surface area contributed by atoms with Crippen LogP contribution in [0.1, 0.15) is 12.5 Å². The second-order valence-corrected chi connectivity index (χ2v) is 6.13. The van der Waals surface area contributed by atoms with Gasteiger partial charge in [-0.05, 0) is 49.1 Å². The standard InChI is InChI=1S/C18H21N5O2/c1-11-4-6-19-14(8-11)21-15-9-13-5-7-23(3)18(25)16(13)17(22-15)20-10-12(2)24/h4-9,12,24H,10H2,1-3H3,(H2,19,20,21,22)/t12-/m1/s1. The Kier molecular flexibility index (Phi) is 4.67. The van der Waals surface area contributed by atoms with Crippen molar-refractivity contribution in [3.8, 4) is 0 Å². The van der Waals surface area contributed by atoms with Crippen LogP contribution in [0.15, 0.2) is 41.5 Å². The largest absolute Gasteiger partial charge is 0.392 e. The van der Waals surface area contributed by atoms with Gasteiger partial charge < -0.3 is 20.3 Å². The van der Waals surface area contributed by atoms with Crippen LogP contribution in [0.4, 0.5) is 17.5 Å². The fraction of sp³-hybridized carbons (Fsp3) is 0.278. The number of hydrogen-bond acceptors (Lipinski definition) is 6. The lowest BCUT2D eigenvalue weighted by atomic mass is 10.2. The van der Waals surface area contributed by atoms with Gasteiger partial charge in [-0.3, -0.25) is 4.79 Å². The summed E-state index contributed by atoms with van der Waals surface area (Å²) in [5.74, 6) is 1.69. The molecule has 3 aromatic heterocycles. The van der Waals surface area contributed by atoms with E-state index >= 15 is 0 Å². The minimum Gasteiger partial charge on any atom is -0.392 e. The lowest BCUT2D eigenvalue weighted by molar-refractivity contribution is 0.208. The smallest absolute Gasteiger partial charge is 0.261 e. The Balaban J connectivity index is 2.08. The third-order valence-corrected chi connectivity index (χ3v) is 3.80. The molecule has 3 heterocycles. The van der Waals surface area contributed by atoms with Gasteiger partial charge in [-0.15, -0.1) is 0 Å². The number of anilines is 3. The quantitative estimate of drug-likeness (QED) is 0.660. The van der Waals surface area contributed by atoms with Gasteiger partial charge in [0.1, 0.15) is 17.5 Å². The van der Waals surface area contributed by atoms with Crippen LogP contribution in [-0.2, 0) is 7.05 Å². The van der Waals surface area contributed by atoms with E-state index in [1.165, 1.54) is 4.57 Å². The van der Waals surface area contributed by atoms with Crippen LogP contribution in [0.2, 0.25) is 0 Å². The number of aryl methyl sites for hydroxylation is 2. The summed E-state index contributed by atoms with van der Waals surface area (Å²) in [5, 5.41) is 17.0. The van der Waals surface area contributed by atoms with E-state index in [9.17, 15) is 9.90 Å². The molecule has 0 unspecified atom stereocenters. The molecule has 7 heteroatoms. The van der Waals surface area contributed by atoms with Crippen LogP contribution < -0.4 is 16.2 Å². The highest BCUT2D eigenvalue weighted by Crippen LogP contribution is 2.24. The lowest BCUT2D eigenvalue weighted by Crippen LogP contribution is -2.21. The Morgan fingerprint density at radius 2 is 2.08 bits per heavy atom. The molecule has 0 saturated carbocycles. The van der Waals surface area contributed by atoms with Crippen LogP contribution >= 0.6 is 0 Å². The van der Waals surface area contributed by atoms with E-state index in [0.717, 1.165) is 10.9 Å². The number of nitrogens with zero attached hydrogens (tertiary/aromatic N) is 3. The molecule has 130 valence electrons. The number of hydrogen-bond donors (Lipinski definition) is 3. The summed E-state index contributed by atoms with van der Waals surface area (Å²) in [6, 6.07) is 7.51. The summed E-state index contributed by atoms with van der Waals surface area (Å²) in [6.45, 7) is 3.96. The molecule has 0 fully saturated rings. The number of aromatic nitrogens is 3. The summed E-state index contributed by atoms with van der Waals surface area (Å²) < 4.78 is 1.51. The Hall–Kier alpha value is -2.93. The van der Waals surface area contributed by atoms with Crippen molar-refractivity contribution in [3.05, 3.63) is 52.6 Å². The maximum Gasteiger partial charge on any atom is 0.261 e. The van der Waals surface area contributed by atoms with Crippen LogP contribution in [-0.4, -0.2) is 32.3 Å². The van der Waals surface area contributed by atoms with Crippen molar-refractivity contribution in [2.45, 2.75) is 20.0 Å². The summed E-state index contributed by atoms with van der Waals surface area (Å²) >= 11 is 0. The first kappa shape index (κ1) is 16.9. The third kappa shape index (κ3) is 3.77. The van der Waals surface area contributed by atoms with Gasteiger partial charge in [0.2, 0.25) is 0 Å². The highest BCUT2D eigenvalue weighted by atomic mass is 16.3. The van der Waals surface area contributed by atoms with E-state index < -0.39 is 6.10 Å². The molecule has 0 bridgehead atoms. The van der Waals surface area contributed by atoms with E-state index in [1.54, 1.807) is 26.4 Å². The zero-order valence-electron chi connectivity index (χ0n) is 14.4. The summed E-state index contributed by atoms with van der Waals surface area (Å²) in [7, 11) is 1.70. The number of fused-ring (bicyclic) bond motifs is 1. The molecular weight excluding hydrogens is 318 g/mol. The van der Waals surface area contributed by atoms with Gasteiger partial charge in [0.05, 0.1) is 11.5 Å². The van der Waals surface area contributed by atoms with Gasteiger partial charge in [0.15, 0.2) is 0 Å². The van der Waals surface area contributed by atoms with Crippen LogP contribution in [0, 0.1) is 6.92 Å². The first-order chi connectivity index (χ1) is 11.9. The predicted octanol–water partition coefficient (Wildman–Crippen LogP) is 2.17. The van der Waals surface area contributed by atoms with Crippen LogP contribution in [0.5, 0.6) is 0 Å². The molecule has 3 rings (SSSR count). The van der Waals surface area contributed by atoms with Gasteiger partial charge in [0.25, 0.3) is 5.56 Å². The van der Waals surface area contributed by atoms with Gasteiger partial charge in [-0.1, -0.05) is 0 Å². The maximum absolute atomic E-state index is 12.5. The number of aliphatic hydroxyl groups is 1. The maximum atomic E-state index is 12.5. The minimum absolute atomic E-state index is 0.140. The molecule has 0 spiro atoms. The van der Waals surface area contributed by atoms with E-state index in [-0.39, 0.29) is 5.56 Å². The molecule has 0 aromatic carbocycles. The van der Waals surface area contributed by atoms with Crippen molar-refractivity contribution < 1.29 is 5.11 Å². The molecule has 7 nitrogen and oxygen atoms in total. The molecule has 3 aromatic rings. The Morgan fingerprint density at radius 1 is 1.28 bits per heavy atom. The minimum atomic E-state index is -0.556. The zero-order valence-corrected chi connectivity index (χ0v) is 14.4. The number of rotatable bonds is 5. The molecule has 0 aliphatic rings. The lowest BCUT2D eigenvalue weighted by Gasteiger charge is -2.14. The van der Waals surface area contributed by atoms with E-state index in [0.29, 0.717) is 29.4 Å². The van der Waals surface area contributed by atoms with E-state index in [2.05, 4.69) is 20.6 Å². The molecule has 3 N–H and O–H groups in total. The molecular formula is C18H21N5O2. The van der Waals surface area contributed by atoms with Crippen LogP contribution in [0.3, 0.4) is 0 Å². The number of nitrogens with one attached hydrogen (secondary N) is 2. The fourth-order valence-electron chi connectivity index (χ4n) is 2.53. The second kappa shape index (κ2) is 6.90. The van der Waals surface area contributed by atoms with Gasteiger partial charge in [-0.2, -0.15) is 0 Å². The monoisotopic (exact) mass is 339 g/mol. The first-order valence-corrected chi connectivity index (χ1v) is 8.06. The Bertz CT molecular complexity index is 965. The Labute approximate surface area is 145 Å². The van der Waals surface area contributed by atoms with Crippen molar-refractivity contribution in [1.29, 1.82) is 0 Å². The summed E-state index contributed by atoms with van der Waals surface area (Å²) in [5.41, 5.74) is 0.943. The topological polar surface area (TPSA) is 92.1 Å². The van der Waals surface area contributed by atoms with Crippen molar-refractivity contribution in [2.75, 3.05) is 17.2 Å². The molecule has 0 amide bonds. The normalized spacial score (nSPS) is 12.2. The fourth-order valence-corrected chi connectivity index (χ4v) is 2.53. The molecule has 0 radical (unpaired) electrons. The average Bonchev–Trinajstić information content (AvgIpc) is 2.56. The summed E-state index contributed by atoms with van der Waals surface area (Å²) in [6.07, 6.45) is 2.89. The van der Waals surface area contributed by atoms with Crippen LogP contribution in [0.25, 0.3) is 10.8 Å². The SMILES string of the molecule is Cc1ccnc(Nc2cc3ccn(C)c(=O)c3c(NC[C@@H](C)O)n2)c1. The first-order valence-electron chi connectivity index (χ1n) is 8.06. The van der Waals surface area contributed by atoms with Gasteiger partial charge >= 0.3 is 0 Å². The predicted molar refractivity (Wildman–Crippen MR) is 99.4 cm³/mol. The highest BCUT2D eigenvalue weighted by molar-refractivity contribution is 5.93. The van der Waals surface area contributed by atoms with E-state index in [1.807, 2.05) is 31.2 Å². The molecule has 1 atom stereocenters. The van der Waals surface area contributed by atoms with Crippen molar-refractivity contribution in [3.63, 3.8) is 0 Å². The number of aliphatic hydroxyl groups excluding tert-OH is 1. The average molecular weight is 339 g/mol. The van der Waals surface area contributed by atoms with Crippen molar-refractivity contribution in [1.82, 2.24) is 14.5 Å². The summed E-state index contributed by atoms with van der Waals surface area (Å²) in [4.78, 5) is 21.3. The van der Waals surface area contributed by atoms with Crippen molar-refractivity contribution >= 4 is 28.2 Å². The molecule has 0 saturated heterocycles. The third-order valence-electron chi connectivity index (χ3n) is 3.80.